The monoisotopic (exact) mass is 299 g/mol. The second-order valence-electron chi connectivity index (χ2n) is 5.78. The SMILES string of the molecule is COc1cccc(CC2CCCN2C(=O)c2occc2C)c1. The van der Waals surface area contributed by atoms with Crippen molar-refractivity contribution < 1.29 is 13.9 Å². The molecule has 3 rings (SSSR count). The summed E-state index contributed by atoms with van der Waals surface area (Å²) in [5, 5.41) is 0. The van der Waals surface area contributed by atoms with Gasteiger partial charge in [-0.2, -0.15) is 0 Å². The minimum absolute atomic E-state index is 0.00731. The number of furan rings is 1. The zero-order valence-electron chi connectivity index (χ0n) is 13.0. The Morgan fingerprint density at radius 2 is 2.27 bits per heavy atom. The second kappa shape index (κ2) is 6.26. The zero-order chi connectivity index (χ0) is 15.5. The van der Waals surface area contributed by atoms with E-state index in [1.165, 1.54) is 5.56 Å². The van der Waals surface area contributed by atoms with Crippen LogP contribution in [0.2, 0.25) is 0 Å². The standard InChI is InChI=1S/C18H21NO3/c1-13-8-10-22-17(13)18(20)19-9-4-6-15(19)11-14-5-3-7-16(12-14)21-2/h3,5,7-8,10,12,15H,4,6,9,11H2,1-2H3. The number of methoxy groups -OCH3 is 1. The van der Waals surface area contributed by atoms with Gasteiger partial charge in [-0.25, -0.2) is 0 Å². The quantitative estimate of drug-likeness (QED) is 0.868. The van der Waals surface area contributed by atoms with E-state index in [0.29, 0.717) is 5.76 Å². The lowest BCUT2D eigenvalue weighted by molar-refractivity contribution is 0.0703. The van der Waals surface area contributed by atoms with Gasteiger partial charge in [-0.3, -0.25) is 4.79 Å². The average Bonchev–Trinajstić information content (AvgIpc) is 3.16. The van der Waals surface area contributed by atoms with E-state index in [0.717, 1.165) is 37.1 Å². The molecule has 2 aromatic rings. The summed E-state index contributed by atoms with van der Waals surface area (Å²) in [6, 6.07) is 10.1. The van der Waals surface area contributed by atoms with Gasteiger partial charge in [0.15, 0.2) is 5.76 Å². The number of carbonyl (C=O) groups is 1. The molecular formula is C18H21NO3. The van der Waals surface area contributed by atoms with E-state index < -0.39 is 0 Å². The predicted octanol–water partition coefficient (Wildman–Crippen LogP) is 3.44. The van der Waals surface area contributed by atoms with Crippen LogP contribution in [0, 0.1) is 6.92 Å². The highest BCUT2D eigenvalue weighted by molar-refractivity contribution is 5.93. The van der Waals surface area contributed by atoms with E-state index in [9.17, 15) is 4.79 Å². The van der Waals surface area contributed by atoms with Crippen LogP contribution in [-0.2, 0) is 6.42 Å². The third-order valence-corrected chi connectivity index (χ3v) is 4.30. The minimum Gasteiger partial charge on any atom is -0.497 e. The first-order chi connectivity index (χ1) is 10.7. The van der Waals surface area contributed by atoms with Gasteiger partial charge < -0.3 is 14.1 Å². The van der Waals surface area contributed by atoms with Gasteiger partial charge in [-0.1, -0.05) is 12.1 Å². The summed E-state index contributed by atoms with van der Waals surface area (Å²) in [5.41, 5.74) is 2.09. The summed E-state index contributed by atoms with van der Waals surface area (Å²) in [6.45, 7) is 2.71. The molecule has 0 bridgehead atoms. The van der Waals surface area contributed by atoms with Crippen molar-refractivity contribution in [1.82, 2.24) is 4.90 Å². The van der Waals surface area contributed by atoms with Crippen LogP contribution < -0.4 is 4.74 Å². The van der Waals surface area contributed by atoms with Gasteiger partial charge in [0, 0.05) is 18.2 Å². The Morgan fingerprint density at radius 3 is 3.00 bits per heavy atom. The molecule has 2 heterocycles. The van der Waals surface area contributed by atoms with Crippen LogP contribution in [0.5, 0.6) is 5.75 Å². The smallest absolute Gasteiger partial charge is 0.290 e. The average molecular weight is 299 g/mol. The van der Waals surface area contributed by atoms with E-state index in [4.69, 9.17) is 9.15 Å². The molecule has 116 valence electrons. The number of hydrogen-bond donors (Lipinski definition) is 0. The fourth-order valence-corrected chi connectivity index (χ4v) is 3.11. The molecule has 0 saturated carbocycles. The summed E-state index contributed by atoms with van der Waals surface area (Å²) < 4.78 is 10.6. The van der Waals surface area contributed by atoms with Crippen LogP contribution in [0.3, 0.4) is 0 Å². The van der Waals surface area contributed by atoms with Crippen molar-refractivity contribution >= 4 is 5.91 Å². The van der Waals surface area contributed by atoms with Crippen molar-refractivity contribution in [1.29, 1.82) is 0 Å². The van der Waals surface area contributed by atoms with E-state index in [1.54, 1.807) is 13.4 Å². The fraction of sp³-hybridized carbons (Fsp3) is 0.389. The molecule has 1 unspecified atom stereocenters. The van der Waals surface area contributed by atoms with Crippen LogP contribution in [-0.4, -0.2) is 30.5 Å². The summed E-state index contributed by atoms with van der Waals surface area (Å²) in [4.78, 5) is 14.6. The third kappa shape index (κ3) is 2.86. The zero-order valence-corrected chi connectivity index (χ0v) is 13.0. The molecule has 1 aromatic carbocycles. The number of ether oxygens (including phenoxy) is 1. The molecule has 4 heteroatoms. The van der Waals surface area contributed by atoms with E-state index in [1.807, 2.05) is 36.1 Å². The van der Waals surface area contributed by atoms with Crippen molar-refractivity contribution in [2.24, 2.45) is 0 Å². The summed E-state index contributed by atoms with van der Waals surface area (Å²) in [6.07, 6.45) is 4.50. The Hall–Kier alpha value is -2.23. The molecule has 1 fully saturated rings. The molecule has 1 amide bonds. The molecule has 1 aliphatic heterocycles. The van der Waals surface area contributed by atoms with Crippen LogP contribution in [0.25, 0.3) is 0 Å². The van der Waals surface area contributed by atoms with Gasteiger partial charge in [0.1, 0.15) is 5.75 Å². The maximum atomic E-state index is 12.7. The lowest BCUT2D eigenvalue weighted by Crippen LogP contribution is -2.36. The number of rotatable bonds is 4. The minimum atomic E-state index is 0.00731. The number of benzene rings is 1. The summed E-state index contributed by atoms with van der Waals surface area (Å²) in [5.74, 6) is 1.33. The maximum absolute atomic E-state index is 12.7. The molecule has 0 spiro atoms. The summed E-state index contributed by atoms with van der Waals surface area (Å²) >= 11 is 0. The lowest BCUT2D eigenvalue weighted by Gasteiger charge is -2.24. The van der Waals surface area contributed by atoms with Crippen LogP contribution in [0.15, 0.2) is 41.0 Å². The van der Waals surface area contributed by atoms with Crippen LogP contribution in [0.1, 0.15) is 34.5 Å². The van der Waals surface area contributed by atoms with Gasteiger partial charge in [0.05, 0.1) is 13.4 Å². The van der Waals surface area contributed by atoms with Crippen molar-refractivity contribution in [3.63, 3.8) is 0 Å². The Kier molecular flexibility index (Phi) is 4.18. The molecule has 0 radical (unpaired) electrons. The van der Waals surface area contributed by atoms with Crippen molar-refractivity contribution in [3.05, 3.63) is 53.5 Å². The van der Waals surface area contributed by atoms with Crippen molar-refractivity contribution in [2.45, 2.75) is 32.2 Å². The van der Waals surface area contributed by atoms with Gasteiger partial charge >= 0.3 is 0 Å². The molecule has 1 aromatic heterocycles. The maximum Gasteiger partial charge on any atom is 0.290 e. The van der Waals surface area contributed by atoms with Crippen molar-refractivity contribution in [2.75, 3.05) is 13.7 Å². The van der Waals surface area contributed by atoms with E-state index >= 15 is 0 Å². The number of aryl methyl sites for hydroxylation is 1. The fourth-order valence-electron chi connectivity index (χ4n) is 3.11. The molecule has 0 N–H and O–H groups in total. The number of amides is 1. The normalized spacial score (nSPS) is 17.7. The van der Waals surface area contributed by atoms with Gasteiger partial charge in [-0.15, -0.1) is 0 Å². The molecule has 4 nitrogen and oxygen atoms in total. The van der Waals surface area contributed by atoms with Crippen molar-refractivity contribution in [3.8, 4) is 5.75 Å². The van der Waals surface area contributed by atoms with E-state index in [-0.39, 0.29) is 11.9 Å². The molecule has 1 aliphatic rings. The molecule has 1 atom stereocenters. The predicted molar refractivity (Wildman–Crippen MR) is 84.2 cm³/mol. The highest BCUT2D eigenvalue weighted by Crippen LogP contribution is 2.25. The Labute approximate surface area is 130 Å². The molecule has 0 aliphatic carbocycles. The molecule has 22 heavy (non-hydrogen) atoms. The Bertz CT molecular complexity index is 662. The number of carbonyl (C=O) groups excluding carboxylic acids is 1. The highest BCUT2D eigenvalue weighted by Gasteiger charge is 2.31. The van der Waals surface area contributed by atoms with Gasteiger partial charge in [-0.05, 0) is 49.9 Å². The topological polar surface area (TPSA) is 42.7 Å². The Balaban J connectivity index is 1.75. The van der Waals surface area contributed by atoms with Gasteiger partial charge in [0.2, 0.25) is 0 Å². The molecule has 1 saturated heterocycles. The first kappa shape index (κ1) is 14.7. The number of nitrogens with zero attached hydrogens (tertiary/aromatic N) is 1. The van der Waals surface area contributed by atoms with Gasteiger partial charge in [0.25, 0.3) is 5.91 Å². The number of likely N-dealkylation sites (tertiary alicyclic amines) is 1. The van der Waals surface area contributed by atoms with Crippen LogP contribution >= 0.6 is 0 Å². The lowest BCUT2D eigenvalue weighted by atomic mass is 10.0. The first-order valence-corrected chi connectivity index (χ1v) is 7.67. The van der Waals surface area contributed by atoms with Crippen LogP contribution in [0.4, 0.5) is 0 Å². The summed E-state index contributed by atoms with van der Waals surface area (Å²) in [7, 11) is 1.67. The Morgan fingerprint density at radius 1 is 1.41 bits per heavy atom. The highest BCUT2D eigenvalue weighted by atomic mass is 16.5. The largest absolute Gasteiger partial charge is 0.497 e. The first-order valence-electron chi connectivity index (χ1n) is 7.67. The number of hydrogen-bond acceptors (Lipinski definition) is 3. The van der Waals surface area contributed by atoms with E-state index in [2.05, 4.69) is 6.07 Å². The molecular weight excluding hydrogens is 278 g/mol. The third-order valence-electron chi connectivity index (χ3n) is 4.30. The second-order valence-corrected chi connectivity index (χ2v) is 5.78.